The average Bonchev–Trinajstić information content (AvgIpc) is 3.16. The lowest BCUT2D eigenvalue weighted by Gasteiger charge is -2.34. The van der Waals surface area contributed by atoms with E-state index in [1.807, 2.05) is 42.5 Å². The normalized spacial score (nSPS) is 20.0. The standard InChI is InChI=1S/C27H30N2O2S/c1-27(2,3)19-11-14-21-22(15-19)32-26-23(21)25(30)28-24(29-26)18-9-12-20(13-10-18)31-16-17-7-5-4-6-8-17/h4-10,12-13,19,24,29H,11,14-16H2,1-3H3,(H,28,30). The van der Waals surface area contributed by atoms with E-state index >= 15 is 0 Å². The van der Waals surface area contributed by atoms with Crippen LogP contribution in [0.25, 0.3) is 0 Å². The third kappa shape index (κ3) is 4.14. The Morgan fingerprint density at radius 3 is 2.50 bits per heavy atom. The lowest BCUT2D eigenvalue weighted by Crippen LogP contribution is -2.38. The summed E-state index contributed by atoms with van der Waals surface area (Å²) in [5.41, 5.74) is 4.59. The van der Waals surface area contributed by atoms with E-state index in [9.17, 15) is 4.79 Å². The third-order valence-electron chi connectivity index (χ3n) is 6.73. The Labute approximate surface area is 194 Å². The molecule has 0 saturated carbocycles. The number of carbonyl (C=O) groups is 1. The highest BCUT2D eigenvalue weighted by Gasteiger charge is 2.36. The van der Waals surface area contributed by atoms with Crippen molar-refractivity contribution in [2.45, 2.75) is 52.8 Å². The number of rotatable bonds is 4. The second-order valence-electron chi connectivity index (χ2n) is 9.91. The van der Waals surface area contributed by atoms with Crippen LogP contribution >= 0.6 is 11.3 Å². The van der Waals surface area contributed by atoms with Crippen LogP contribution < -0.4 is 15.4 Å². The maximum Gasteiger partial charge on any atom is 0.256 e. The van der Waals surface area contributed by atoms with Gasteiger partial charge in [0.05, 0.1) is 5.56 Å². The second kappa shape index (κ2) is 8.28. The first kappa shape index (κ1) is 21.1. The third-order valence-corrected chi connectivity index (χ3v) is 7.92. The van der Waals surface area contributed by atoms with Crippen LogP contribution in [0.15, 0.2) is 54.6 Å². The van der Waals surface area contributed by atoms with Gasteiger partial charge in [-0.25, -0.2) is 0 Å². The molecule has 4 nitrogen and oxygen atoms in total. The van der Waals surface area contributed by atoms with Crippen LogP contribution in [0.1, 0.15) is 65.3 Å². The first-order chi connectivity index (χ1) is 15.4. The zero-order valence-electron chi connectivity index (χ0n) is 18.9. The number of benzene rings is 2. The quantitative estimate of drug-likeness (QED) is 0.492. The van der Waals surface area contributed by atoms with Gasteiger partial charge in [-0.05, 0) is 59.4 Å². The minimum atomic E-state index is -0.225. The molecule has 5 heteroatoms. The second-order valence-corrected chi connectivity index (χ2v) is 11.0. The van der Waals surface area contributed by atoms with Gasteiger partial charge >= 0.3 is 0 Å². The fourth-order valence-corrected chi connectivity index (χ4v) is 6.05. The molecule has 3 aromatic rings. The van der Waals surface area contributed by atoms with Crippen LogP contribution in [0, 0.1) is 11.3 Å². The summed E-state index contributed by atoms with van der Waals surface area (Å²) in [5.74, 6) is 1.53. The van der Waals surface area contributed by atoms with Crippen LogP contribution in [-0.2, 0) is 19.4 Å². The van der Waals surface area contributed by atoms with E-state index in [4.69, 9.17) is 4.74 Å². The van der Waals surface area contributed by atoms with Gasteiger partial charge in [-0.1, -0.05) is 63.2 Å². The largest absolute Gasteiger partial charge is 0.489 e. The summed E-state index contributed by atoms with van der Waals surface area (Å²) >= 11 is 1.77. The monoisotopic (exact) mass is 446 g/mol. The lowest BCUT2D eigenvalue weighted by molar-refractivity contribution is 0.0935. The molecule has 2 aromatic carbocycles. The summed E-state index contributed by atoms with van der Waals surface area (Å²) in [7, 11) is 0. The van der Waals surface area contributed by atoms with Crippen LogP contribution in [0.3, 0.4) is 0 Å². The Balaban J connectivity index is 1.30. The molecule has 0 radical (unpaired) electrons. The highest BCUT2D eigenvalue weighted by molar-refractivity contribution is 7.16. The van der Waals surface area contributed by atoms with Crippen molar-refractivity contribution in [3.8, 4) is 5.75 Å². The van der Waals surface area contributed by atoms with E-state index in [1.165, 1.54) is 10.4 Å². The zero-order chi connectivity index (χ0) is 22.3. The van der Waals surface area contributed by atoms with E-state index in [-0.39, 0.29) is 12.1 Å². The van der Waals surface area contributed by atoms with Gasteiger partial charge in [0.2, 0.25) is 0 Å². The SMILES string of the molecule is CC(C)(C)C1CCc2c(sc3c2C(=O)NC(c2ccc(OCc4ccccc4)cc2)N3)C1. The number of carbonyl (C=O) groups excluding carboxylic acids is 1. The van der Waals surface area contributed by atoms with Crippen LogP contribution in [0.2, 0.25) is 0 Å². The predicted molar refractivity (Wildman–Crippen MR) is 130 cm³/mol. The van der Waals surface area contributed by atoms with Gasteiger partial charge in [0.25, 0.3) is 5.91 Å². The van der Waals surface area contributed by atoms with Crippen molar-refractivity contribution in [3.63, 3.8) is 0 Å². The molecule has 0 saturated heterocycles. The van der Waals surface area contributed by atoms with E-state index in [2.05, 4.69) is 43.5 Å². The summed E-state index contributed by atoms with van der Waals surface area (Å²) in [6.45, 7) is 7.51. The number of thiophene rings is 1. The van der Waals surface area contributed by atoms with Crippen molar-refractivity contribution in [3.05, 3.63) is 81.7 Å². The molecule has 1 aliphatic carbocycles. The summed E-state index contributed by atoms with van der Waals surface area (Å²) in [4.78, 5) is 14.4. The van der Waals surface area contributed by atoms with Crippen molar-refractivity contribution in [2.24, 2.45) is 11.3 Å². The Bertz CT molecular complexity index is 1110. The number of hydrogen-bond donors (Lipinski definition) is 2. The van der Waals surface area contributed by atoms with Crippen molar-refractivity contribution in [2.75, 3.05) is 5.32 Å². The number of anilines is 1. The van der Waals surface area contributed by atoms with Crippen molar-refractivity contribution < 1.29 is 9.53 Å². The maximum atomic E-state index is 13.0. The molecule has 2 unspecified atom stereocenters. The summed E-state index contributed by atoms with van der Waals surface area (Å²) in [6.07, 6.45) is 3.00. The summed E-state index contributed by atoms with van der Waals surface area (Å²) in [5, 5.41) is 7.75. The van der Waals surface area contributed by atoms with E-state index in [0.717, 1.165) is 46.7 Å². The van der Waals surface area contributed by atoms with E-state index < -0.39 is 0 Å². The molecule has 5 rings (SSSR count). The van der Waals surface area contributed by atoms with E-state index in [1.54, 1.807) is 11.3 Å². The molecule has 2 N–H and O–H groups in total. The average molecular weight is 447 g/mol. The maximum absolute atomic E-state index is 13.0. The Kier molecular flexibility index (Phi) is 5.46. The number of ether oxygens (including phenoxy) is 1. The fraction of sp³-hybridized carbons (Fsp3) is 0.370. The topological polar surface area (TPSA) is 50.4 Å². The molecule has 166 valence electrons. The highest BCUT2D eigenvalue weighted by Crippen LogP contribution is 2.46. The Morgan fingerprint density at radius 1 is 1.03 bits per heavy atom. The number of hydrogen-bond acceptors (Lipinski definition) is 4. The molecular weight excluding hydrogens is 416 g/mol. The van der Waals surface area contributed by atoms with Gasteiger partial charge in [-0.3, -0.25) is 4.79 Å². The van der Waals surface area contributed by atoms with Crippen molar-refractivity contribution in [1.82, 2.24) is 5.32 Å². The number of fused-ring (bicyclic) bond motifs is 3. The van der Waals surface area contributed by atoms with Gasteiger partial charge < -0.3 is 15.4 Å². The van der Waals surface area contributed by atoms with Crippen molar-refractivity contribution >= 4 is 22.2 Å². The molecular formula is C27H30N2O2S. The van der Waals surface area contributed by atoms with Gasteiger partial charge in [0.15, 0.2) is 0 Å². The summed E-state index contributed by atoms with van der Waals surface area (Å²) < 4.78 is 5.90. The lowest BCUT2D eigenvalue weighted by atomic mass is 9.72. The van der Waals surface area contributed by atoms with Gasteiger partial charge in [-0.15, -0.1) is 11.3 Å². The molecule has 0 fully saturated rings. The van der Waals surface area contributed by atoms with Gasteiger partial charge in [0.1, 0.15) is 23.5 Å². The predicted octanol–water partition coefficient (Wildman–Crippen LogP) is 6.33. The molecule has 1 aliphatic heterocycles. The van der Waals surface area contributed by atoms with Crippen LogP contribution in [0.5, 0.6) is 5.75 Å². The highest BCUT2D eigenvalue weighted by atomic mass is 32.1. The Hall–Kier alpha value is -2.79. The molecule has 2 aliphatic rings. The zero-order valence-corrected chi connectivity index (χ0v) is 19.7. The van der Waals surface area contributed by atoms with Gasteiger partial charge in [0, 0.05) is 4.88 Å². The molecule has 32 heavy (non-hydrogen) atoms. The van der Waals surface area contributed by atoms with Crippen LogP contribution in [-0.4, -0.2) is 5.91 Å². The molecule has 2 atom stereocenters. The molecule has 1 aromatic heterocycles. The van der Waals surface area contributed by atoms with Gasteiger partial charge in [-0.2, -0.15) is 0 Å². The molecule has 2 heterocycles. The van der Waals surface area contributed by atoms with E-state index in [0.29, 0.717) is 17.9 Å². The smallest absolute Gasteiger partial charge is 0.256 e. The molecule has 0 bridgehead atoms. The number of amides is 1. The first-order valence-corrected chi connectivity index (χ1v) is 12.2. The van der Waals surface area contributed by atoms with Crippen LogP contribution in [0.4, 0.5) is 5.00 Å². The number of nitrogens with one attached hydrogen (secondary N) is 2. The minimum absolute atomic E-state index is 0.0415. The summed E-state index contributed by atoms with van der Waals surface area (Å²) in [6, 6.07) is 18.1. The first-order valence-electron chi connectivity index (χ1n) is 11.4. The van der Waals surface area contributed by atoms with Crippen molar-refractivity contribution in [1.29, 1.82) is 0 Å². The fourth-order valence-electron chi connectivity index (χ4n) is 4.70. The Morgan fingerprint density at radius 2 is 1.78 bits per heavy atom. The molecule has 0 spiro atoms. The molecule has 1 amide bonds. The minimum Gasteiger partial charge on any atom is -0.489 e.